The van der Waals surface area contributed by atoms with Crippen molar-refractivity contribution in [3.05, 3.63) is 0 Å². The maximum atomic E-state index is 11.7. The minimum Gasteiger partial charge on any atom is -0.342 e. The highest BCUT2D eigenvalue weighted by molar-refractivity contribution is 6.03. The fraction of sp³-hybridized carbons (Fsp3) is 0.769. The summed E-state index contributed by atoms with van der Waals surface area (Å²) in [6.45, 7) is 5.96. The maximum Gasteiger partial charge on any atom is 0.232 e. The average Bonchev–Trinajstić information content (AvgIpc) is 2.51. The molecule has 0 aromatic rings. The van der Waals surface area contributed by atoms with Gasteiger partial charge in [-0.2, -0.15) is 0 Å². The highest BCUT2D eigenvalue weighted by atomic mass is 16.2. The number of imide groups is 1. The third kappa shape index (κ3) is 2.54. The molecule has 5 heteroatoms. The van der Waals surface area contributed by atoms with E-state index < -0.39 is 0 Å². The van der Waals surface area contributed by atoms with Gasteiger partial charge >= 0.3 is 0 Å². The molecule has 1 atom stereocenters. The summed E-state index contributed by atoms with van der Waals surface area (Å²) in [6, 6.07) is 0. The van der Waals surface area contributed by atoms with E-state index in [1.54, 1.807) is 6.92 Å². The van der Waals surface area contributed by atoms with Gasteiger partial charge in [-0.15, -0.1) is 0 Å². The van der Waals surface area contributed by atoms with Crippen molar-refractivity contribution in [2.24, 2.45) is 11.8 Å². The van der Waals surface area contributed by atoms with Crippen molar-refractivity contribution in [2.75, 3.05) is 19.6 Å². The van der Waals surface area contributed by atoms with Gasteiger partial charge in [0, 0.05) is 38.4 Å². The summed E-state index contributed by atoms with van der Waals surface area (Å²) in [4.78, 5) is 38.0. The predicted molar refractivity (Wildman–Crippen MR) is 65.5 cm³/mol. The molecule has 0 saturated carbocycles. The molecule has 5 nitrogen and oxygen atoms in total. The third-order valence-electron chi connectivity index (χ3n) is 3.66. The van der Waals surface area contributed by atoms with Gasteiger partial charge in [-0.25, -0.2) is 0 Å². The number of carbonyl (C=O) groups is 3. The zero-order valence-electron chi connectivity index (χ0n) is 11.0. The highest BCUT2D eigenvalue weighted by Crippen LogP contribution is 2.20. The number of amides is 3. The lowest BCUT2D eigenvalue weighted by molar-refractivity contribution is -0.141. The Morgan fingerprint density at radius 2 is 1.94 bits per heavy atom. The monoisotopic (exact) mass is 252 g/mol. The highest BCUT2D eigenvalue weighted by Gasteiger charge is 2.35. The summed E-state index contributed by atoms with van der Waals surface area (Å²) in [5.41, 5.74) is 0. The van der Waals surface area contributed by atoms with Crippen LogP contribution in [0.15, 0.2) is 0 Å². The van der Waals surface area contributed by atoms with E-state index in [4.69, 9.17) is 0 Å². The van der Waals surface area contributed by atoms with Gasteiger partial charge in [0.2, 0.25) is 17.7 Å². The smallest absolute Gasteiger partial charge is 0.232 e. The number of nitrogens with zero attached hydrogens (tertiary/aromatic N) is 2. The quantitative estimate of drug-likeness (QED) is 0.690. The fourth-order valence-corrected chi connectivity index (χ4v) is 2.53. The van der Waals surface area contributed by atoms with Crippen LogP contribution in [0.1, 0.15) is 33.1 Å². The first-order valence-electron chi connectivity index (χ1n) is 6.61. The van der Waals surface area contributed by atoms with Crippen LogP contribution in [0.2, 0.25) is 0 Å². The Labute approximate surface area is 107 Å². The molecular weight excluding hydrogens is 232 g/mol. The zero-order chi connectivity index (χ0) is 13.3. The molecule has 1 unspecified atom stereocenters. The van der Waals surface area contributed by atoms with E-state index in [1.165, 1.54) is 4.90 Å². The van der Waals surface area contributed by atoms with Crippen LogP contribution in [0.25, 0.3) is 0 Å². The van der Waals surface area contributed by atoms with Crippen molar-refractivity contribution in [1.29, 1.82) is 0 Å². The van der Waals surface area contributed by atoms with Crippen LogP contribution < -0.4 is 0 Å². The van der Waals surface area contributed by atoms with Crippen LogP contribution in [0.3, 0.4) is 0 Å². The average molecular weight is 252 g/mol. The van der Waals surface area contributed by atoms with Gasteiger partial charge in [0.05, 0.1) is 0 Å². The number of rotatable bonds is 4. The molecule has 18 heavy (non-hydrogen) atoms. The van der Waals surface area contributed by atoms with E-state index in [0.717, 1.165) is 13.1 Å². The molecule has 0 spiro atoms. The van der Waals surface area contributed by atoms with Gasteiger partial charge in [0.25, 0.3) is 0 Å². The lowest BCUT2D eigenvalue weighted by Crippen LogP contribution is -2.48. The lowest BCUT2D eigenvalue weighted by atomic mass is 10.0. The Hall–Kier alpha value is -1.39. The first-order valence-corrected chi connectivity index (χ1v) is 6.61. The van der Waals surface area contributed by atoms with Gasteiger partial charge in [0.15, 0.2) is 0 Å². The minimum absolute atomic E-state index is 0.0926. The molecule has 0 aliphatic carbocycles. The van der Waals surface area contributed by atoms with Crippen molar-refractivity contribution >= 4 is 17.7 Å². The molecule has 0 bridgehead atoms. The lowest BCUT2D eigenvalue weighted by Gasteiger charge is -2.37. The molecule has 2 rings (SSSR count). The first-order chi connectivity index (χ1) is 8.49. The van der Waals surface area contributed by atoms with Crippen molar-refractivity contribution in [3.63, 3.8) is 0 Å². The normalized spacial score (nSPS) is 24.7. The third-order valence-corrected chi connectivity index (χ3v) is 3.66. The Morgan fingerprint density at radius 1 is 1.28 bits per heavy atom. The second-order valence-corrected chi connectivity index (χ2v) is 5.50. The van der Waals surface area contributed by atoms with Crippen molar-refractivity contribution in [1.82, 2.24) is 9.80 Å². The van der Waals surface area contributed by atoms with Gasteiger partial charge in [-0.05, 0) is 12.3 Å². The molecule has 0 radical (unpaired) electrons. The van der Waals surface area contributed by atoms with Crippen molar-refractivity contribution < 1.29 is 14.4 Å². The largest absolute Gasteiger partial charge is 0.342 e. The molecule has 0 N–H and O–H groups in total. The standard InChI is InChI=1S/C13H20N2O3/c1-9-7-14(8-9)11(16)4-3-5-15-12(17)6-10(2)13(15)18/h9-10H,3-8H2,1-2H3. The predicted octanol–water partition coefficient (Wildman–Crippen LogP) is 0.640. The summed E-state index contributed by atoms with van der Waals surface area (Å²) in [5, 5.41) is 0. The number of hydrogen-bond acceptors (Lipinski definition) is 3. The second-order valence-electron chi connectivity index (χ2n) is 5.50. The zero-order valence-corrected chi connectivity index (χ0v) is 11.0. The van der Waals surface area contributed by atoms with E-state index in [2.05, 4.69) is 6.92 Å². The maximum absolute atomic E-state index is 11.7. The summed E-state index contributed by atoms with van der Waals surface area (Å²) in [5.74, 6) is 0.365. The molecule has 3 amide bonds. The fourth-order valence-electron chi connectivity index (χ4n) is 2.53. The summed E-state index contributed by atoms with van der Waals surface area (Å²) in [7, 11) is 0. The molecule has 0 aromatic carbocycles. The van der Waals surface area contributed by atoms with E-state index in [9.17, 15) is 14.4 Å². The summed E-state index contributed by atoms with van der Waals surface area (Å²) >= 11 is 0. The summed E-state index contributed by atoms with van der Waals surface area (Å²) < 4.78 is 0. The van der Waals surface area contributed by atoms with Crippen LogP contribution in [0.5, 0.6) is 0 Å². The topological polar surface area (TPSA) is 57.7 Å². The van der Waals surface area contributed by atoms with E-state index in [-0.39, 0.29) is 23.6 Å². The number of carbonyl (C=O) groups excluding carboxylic acids is 3. The number of likely N-dealkylation sites (tertiary alicyclic amines) is 2. The van der Waals surface area contributed by atoms with Crippen LogP contribution in [-0.4, -0.2) is 47.2 Å². The van der Waals surface area contributed by atoms with Crippen molar-refractivity contribution in [2.45, 2.75) is 33.1 Å². The molecule has 2 heterocycles. The molecule has 100 valence electrons. The van der Waals surface area contributed by atoms with E-state index in [1.807, 2.05) is 4.90 Å². The Bertz CT molecular complexity index is 374. The van der Waals surface area contributed by atoms with Crippen LogP contribution in [0.4, 0.5) is 0 Å². The molecule has 2 saturated heterocycles. The Morgan fingerprint density at radius 3 is 2.44 bits per heavy atom. The Kier molecular flexibility index (Phi) is 3.68. The summed E-state index contributed by atoms with van der Waals surface area (Å²) in [6.07, 6.45) is 1.32. The molecule has 2 aliphatic rings. The molecular formula is C13H20N2O3. The number of hydrogen-bond donors (Lipinski definition) is 0. The van der Waals surface area contributed by atoms with E-state index in [0.29, 0.717) is 31.7 Å². The Balaban J connectivity index is 1.71. The molecule has 2 aliphatic heterocycles. The van der Waals surface area contributed by atoms with Crippen molar-refractivity contribution in [3.8, 4) is 0 Å². The van der Waals surface area contributed by atoms with Gasteiger partial charge in [-0.1, -0.05) is 13.8 Å². The van der Waals surface area contributed by atoms with Gasteiger partial charge in [0.1, 0.15) is 0 Å². The van der Waals surface area contributed by atoms with Gasteiger partial charge < -0.3 is 4.90 Å². The molecule has 2 fully saturated rings. The SMILES string of the molecule is CC1CN(C(=O)CCCN2C(=O)CC(C)C2=O)C1. The van der Waals surface area contributed by atoms with Crippen LogP contribution in [0, 0.1) is 11.8 Å². The second kappa shape index (κ2) is 5.08. The van der Waals surface area contributed by atoms with Crippen LogP contribution >= 0.6 is 0 Å². The van der Waals surface area contributed by atoms with Crippen LogP contribution in [-0.2, 0) is 14.4 Å². The molecule has 0 aromatic heterocycles. The minimum atomic E-state index is -0.190. The van der Waals surface area contributed by atoms with Gasteiger partial charge in [-0.3, -0.25) is 19.3 Å². The first kappa shape index (κ1) is 13.1. The van der Waals surface area contributed by atoms with E-state index >= 15 is 0 Å².